The molecular weight excluding hydrogens is 268 g/mol. The molecule has 0 heterocycles. The number of fused-ring (bicyclic) bond motifs is 2. The zero-order valence-corrected chi connectivity index (χ0v) is 13.5. The van der Waals surface area contributed by atoms with Gasteiger partial charge in [-0.15, -0.1) is 0 Å². The molecule has 0 aromatic heterocycles. The smallest absolute Gasteiger partial charge is 0.315 e. The molecule has 5 nitrogen and oxygen atoms in total. The molecule has 2 aliphatic carbocycles. The van der Waals surface area contributed by atoms with E-state index in [0.717, 1.165) is 0 Å². The first-order valence-corrected chi connectivity index (χ1v) is 7.98. The third-order valence-electron chi connectivity index (χ3n) is 5.79. The summed E-state index contributed by atoms with van der Waals surface area (Å²) in [6, 6.07) is -0.377. The zero-order valence-electron chi connectivity index (χ0n) is 13.5. The van der Waals surface area contributed by atoms with E-state index in [0.29, 0.717) is 12.3 Å². The summed E-state index contributed by atoms with van der Waals surface area (Å²) in [7, 11) is 0. The number of carbonyl (C=O) groups excluding carboxylic acids is 1. The van der Waals surface area contributed by atoms with Gasteiger partial charge in [-0.2, -0.15) is 0 Å². The largest absolute Gasteiger partial charge is 0.481 e. The minimum absolute atomic E-state index is 0.0299. The molecule has 120 valence electrons. The number of hydrogen-bond acceptors (Lipinski definition) is 2. The molecular formula is C16H28N2O3. The Labute approximate surface area is 126 Å². The van der Waals surface area contributed by atoms with Crippen LogP contribution in [0, 0.1) is 16.7 Å². The van der Waals surface area contributed by atoms with E-state index < -0.39 is 5.97 Å². The van der Waals surface area contributed by atoms with Crippen molar-refractivity contribution in [3.63, 3.8) is 0 Å². The van der Waals surface area contributed by atoms with Crippen LogP contribution in [0.5, 0.6) is 0 Å². The Balaban J connectivity index is 1.98. The molecule has 0 aromatic rings. The fraction of sp³-hybridized carbons (Fsp3) is 0.875. The molecule has 4 unspecified atom stereocenters. The number of nitrogens with one attached hydrogen (secondary N) is 2. The minimum atomic E-state index is -0.880. The number of carbonyl (C=O) groups is 2. The first-order chi connectivity index (χ1) is 9.69. The molecule has 2 rings (SSSR count). The molecule has 0 aliphatic heterocycles. The number of carboxylic acid groups (broad SMARTS) is 1. The summed E-state index contributed by atoms with van der Waals surface area (Å²) in [5, 5.41) is 14.8. The third kappa shape index (κ3) is 3.01. The number of amides is 2. The summed E-state index contributed by atoms with van der Waals surface area (Å²) in [5.74, 6) is -0.205. The molecule has 5 heteroatoms. The van der Waals surface area contributed by atoms with E-state index in [9.17, 15) is 9.59 Å². The van der Waals surface area contributed by atoms with E-state index in [1.807, 2.05) is 6.92 Å². The van der Waals surface area contributed by atoms with Gasteiger partial charge in [0.1, 0.15) is 0 Å². The van der Waals surface area contributed by atoms with Crippen LogP contribution in [0.25, 0.3) is 0 Å². The van der Waals surface area contributed by atoms with Gasteiger partial charge in [-0.3, -0.25) is 4.79 Å². The lowest BCUT2D eigenvalue weighted by Gasteiger charge is -2.43. The Morgan fingerprint density at radius 2 is 2.00 bits per heavy atom. The van der Waals surface area contributed by atoms with Gasteiger partial charge >= 0.3 is 12.0 Å². The van der Waals surface area contributed by atoms with E-state index >= 15 is 0 Å². The second kappa shape index (κ2) is 5.50. The monoisotopic (exact) mass is 296 g/mol. The topological polar surface area (TPSA) is 78.4 Å². The predicted molar refractivity (Wildman–Crippen MR) is 81.0 cm³/mol. The van der Waals surface area contributed by atoms with Crippen LogP contribution in [0.1, 0.15) is 59.8 Å². The van der Waals surface area contributed by atoms with Crippen LogP contribution in [0.2, 0.25) is 0 Å². The van der Waals surface area contributed by atoms with Crippen molar-refractivity contribution in [3.8, 4) is 0 Å². The first kappa shape index (κ1) is 16.1. The summed E-state index contributed by atoms with van der Waals surface area (Å²) < 4.78 is 0. The average Bonchev–Trinajstić information content (AvgIpc) is 2.84. The molecule has 2 bridgehead atoms. The lowest BCUT2D eigenvalue weighted by molar-refractivity contribution is -0.137. The zero-order chi connectivity index (χ0) is 15.8. The average molecular weight is 296 g/mol. The molecule has 2 fully saturated rings. The van der Waals surface area contributed by atoms with Crippen LogP contribution in [-0.4, -0.2) is 29.2 Å². The molecule has 0 saturated heterocycles. The van der Waals surface area contributed by atoms with Crippen molar-refractivity contribution in [2.24, 2.45) is 16.7 Å². The summed E-state index contributed by atoms with van der Waals surface area (Å²) in [6.45, 7) is 8.63. The molecule has 0 aromatic carbocycles. The highest BCUT2D eigenvalue weighted by Gasteiger charge is 2.59. The Kier molecular flexibility index (Phi) is 4.22. The van der Waals surface area contributed by atoms with E-state index in [4.69, 9.17) is 5.11 Å². The van der Waals surface area contributed by atoms with Gasteiger partial charge < -0.3 is 15.7 Å². The highest BCUT2D eigenvalue weighted by molar-refractivity contribution is 5.76. The number of carboxylic acids is 1. The van der Waals surface area contributed by atoms with Crippen LogP contribution < -0.4 is 10.6 Å². The van der Waals surface area contributed by atoms with Gasteiger partial charge in [0, 0.05) is 12.1 Å². The SMILES string of the molecule is CCC(CC(=O)O)NC(=O)NC1C2(C)CCC(C2)C1(C)C. The van der Waals surface area contributed by atoms with Gasteiger partial charge in [-0.1, -0.05) is 27.7 Å². The summed E-state index contributed by atoms with van der Waals surface area (Å²) in [6.07, 6.45) is 4.18. The summed E-state index contributed by atoms with van der Waals surface area (Å²) in [5.41, 5.74) is 0.291. The van der Waals surface area contributed by atoms with Crippen molar-refractivity contribution in [3.05, 3.63) is 0 Å². The van der Waals surface area contributed by atoms with Gasteiger partial charge in [-0.25, -0.2) is 4.79 Å². The standard InChI is InChI=1S/C16H28N2O3/c1-5-11(8-12(19)20)17-14(21)18-13-15(2,3)10-6-7-16(13,4)9-10/h10-11,13H,5-9H2,1-4H3,(H,19,20)(H2,17,18,21). The van der Waals surface area contributed by atoms with Gasteiger partial charge in [0.15, 0.2) is 0 Å². The van der Waals surface area contributed by atoms with Gasteiger partial charge in [0.05, 0.1) is 6.42 Å². The van der Waals surface area contributed by atoms with Crippen LogP contribution >= 0.6 is 0 Å². The molecule has 3 N–H and O–H groups in total. The van der Waals surface area contributed by atoms with Crippen molar-refractivity contribution in [2.45, 2.75) is 71.9 Å². The van der Waals surface area contributed by atoms with Crippen LogP contribution in [0.4, 0.5) is 4.79 Å². The second-order valence-electron chi connectivity index (χ2n) is 7.67. The molecule has 0 radical (unpaired) electrons. The fourth-order valence-corrected chi connectivity index (χ4v) is 4.53. The van der Waals surface area contributed by atoms with Crippen molar-refractivity contribution >= 4 is 12.0 Å². The summed E-state index contributed by atoms with van der Waals surface area (Å²) >= 11 is 0. The van der Waals surface area contributed by atoms with E-state index in [1.54, 1.807) is 0 Å². The van der Waals surface area contributed by atoms with Crippen LogP contribution in [0.3, 0.4) is 0 Å². The van der Waals surface area contributed by atoms with Gasteiger partial charge in [0.25, 0.3) is 0 Å². The molecule has 0 spiro atoms. The van der Waals surface area contributed by atoms with Crippen molar-refractivity contribution in [1.29, 1.82) is 0 Å². The summed E-state index contributed by atoms with van der Waals surface area (Å²) in [4.78, 5) is 23.0. The Morgan fingerprint density at radius 1 is 1.33 bits per heavy atom. The molecule has 21 heavy (non-hydrogen) atoms. The quantitative estimate of drug-likeness (QED) is 0.730. The van der Waals surface area contributed by atoms with Crippen molar-refractivity contribution in [1.82, 2.24) is 10.6 Å². The van der Waals surface area contributed by atoms with Crippen molar-refractivity contribution in [2.75, 3.05) is 0 Å². The maximum absolute atomic E-state index is 12.2. The number of urea groups is 1. The Morgan fingerprint density at radius 3 is 2.48 bits per heavy atom. The first-order valence-electron chi connectivity index (χ1n) is 7.98. The van der Waals surface area contributed by atoms with Gasteiger partial charge in [0.2, 0.25) is 0 Å². The van der Waals surface area contributed by atoms with Crippen molar-refractivity contribution < 1.29 is 14.7 Å². The maximum Gasteiger partial charge on any atom is 0.315 e. The minimum Gasteiger partial charge on any atom is -0.481 e. The van der Waals surface area contributed by atoms with Crippen LogP contribution in [0.15, 0.2) is 0 Å². The third-order valence-corrected chi connectivity index (χ3v) is 5.79. The van der Waals surface area contributed by atoms with E-state index in [2.05, 4.69) is 31.4 Å². The van der Waals surface area contributed by atoms with E-state index in [1.165, 1.54) is 19.3 Å². The molecule has 4 atom stereocenters. The Hall–Kier alpha value is -1.26. The predicted octanol–water partition coefficient (Wildman–Crippen LogP) is 2.75. The normalized spacial score (nSPS) is 34.5. The van der Waals surface area contributed by atoms with Crippen LogP contribution in [-0.2, 0) is 4.79 Å². The number of rotatable bonds is 5. The highest BCUT2D eigenvalue weighted by atomic mass is 16.4. The highest BCUT2D eigenvalue weighted by Crippen LogP contribution is 2.62. The molecule has 2 saturated carbocycles. The Bertz CT molecular complexity index is 430. The van der Waals surface area contributed by atoms with Gasteiger partial charge in [-0.05, 0) is 42.4 Å². The molecule has 2 aliphatic rings. The van der Waals surface area contributed by atoms with E-state index in [-0.39, 0.29) is 35.4 Å². The lowest BCUT2D eigenvalue weighted by Crippen LogP contribution is -2.56. The fourth-order valence-electron chi connectivity index (χ4n) is 4.53. The number of aliphatic carboxylic acids is 1. The number of hydrogen-bond donors (Lipinski definition) is 3. The maximum atomic E-state index is 12.2. The lowest BCUT2D eigenvalue weighted by atomic mass is 9.68. The molecule has 2 amide bonds. The second-order valence-corrected chi connectivity index (χ2v) is 7.67.